The van der Waals surface area contributed by atoms with Crippen molar-refractivity contribution in [2.24, 2.45) is 5.92 Å². The first-order chi connectivity index (χ1) is 6.68. The third-order valence-corrected chi connectivity index (χ3v) is 2.61. The molecule has 0 amide bonds. The van der Waals surface area contributed by atoms with Gasteiger partial charge in [0, 0.05) is 5.56 Å². The molecule has 1 aliphatic rings. The Kier molecular flexibility index (Phi) is 2.31. The fourth-order valence-corrected chi connectivity index (χ4v) is 1.47. The first-order valence-electron chi connectivity index (χ1n) is 4.99. The maximum absolute atomic E-state index is 9.94. The summed E-state index contributed by atoms with van der Waals surface area (Å²) in [6.45, 7) is 1.81. The van der Waals surface area contributed by atoms with E-state index >= 15 is 0 Å². The van der Waals surface area contributed by atoms with Gasteiger partial charge >= 0.3 is 0 Å². The van der Waals surface area contributed by atoms with E-state index in [0.29, 0.717) is 5.92 Å². The van der Waals surface area contributed by atoms with Crippen molar-refractivity contribution >= 4 is 0 Å². The monoisotopic (exact) mass is 186 g/mol. The minimum atomic E-state index is -0.796. The molecule has 1 fully saturated rings. The second-order valence-electron chi connectivity index (χ2n) is 4.04. The van der Waals surface area contributed by atoms with E-state index in [9.17, 15) is 5.11 Å². The van der Waals surface area contributed by atoms with Gasteiger partial charge in [-0.3, -0.25) is 0 Å². The average Bonchev–Trinajstić information content (AvgIpc) is 3.00. The first kappa shape index (κ1) is 9.30. The molecule has 1 unspecified atom stereocenters. The van der Waals surface area contributed by atoms with Crippen molar-refractivity contribution in [2.45, 2.75) is 25.4 Å². The third kappa shape index (κ3) is 2.16. The van der Waals surface area contributed by atoms with Gasteiger partial charge in [-0.15, -0.1) is 0 Å². The predicted molar refractivity (Wildman–Crippen MR) is 56.7 cm³/mol. The number of benzene rings is 1. The lowest BCUT2D eigenvalue weighted by atomic mass is 10.0. The molecule has 14 heavy (non-hydrogen) atoms. The standard InChI is InChI=1S/C13H14O/c1-13(14,12-7-8-12)10-9-11-5-3-2-4-6-11/h2-6,12,14H,7-8H2,1H3. The second kappa shape index (κ2) is 3.48. The molecule has 1 nitrogen and oxygen atoms in total. The number of rotatable bonds is 1. The molecule has 0 heterocycles. The lowest BCUT2D eigenvalue weighted by Crippen LogP contribution is -2.24. The summed E-state index contributed by atoms with van der Waals surface area (Å²) in [6, 6.07) is 9.78. The van der Waals surface area contributed by atoms with Crippen molar-refractivity contribution in [3.05, 3.63) is 35.9 Å². The molecule has 0 saturated heterocycles. The zero-order valence-corrected chi connectivity index (χ0v) is 8.33. The van der Waals surface area contributed by atoms with Crippen LogP contribution in [0.2, 0.25) is 0 Å². The van der Waals surface area contributed by atoms with E-state index in [2.05, 4.69) is 11.8 Å². The van der Waals surface area contributed by atoms with Gasteiger partial charge in [-0.2, -0.15) is 0 Å². The number of aliphatic hydroxyl groups is 1. The lowest BCUT2D eigenvalue weighted by molar-refractivity contribution is 0.0980. The fraction of sp³-hybridized carbons (Fsp3) is 0.385. The summed E-state index contributed by atoms with van der Waals surface area (Å²) in [7, 11) is 0. The second-order valence-corrected chi connectivity index (χ2v) is 4.04. The molecule has 0 bridgehead atoms. The van der Waals surface area contributed by atoms with Crippen LogP contribution >= 0.6 is 0 Å². The first-order valence-corrected chi connectivity index (χ1v) is 4.99. The minimum absolute atomic E-state index is 0.388. The van der Waals surface area contributed by atoms with Gasteiger partial charge in [0.2, 0.25) is 0 Å². The van der Waals surface area contributed by atoms with Crippen LogP contribution in [0, 0.1) is 17.8 Å². The van der Waals surface area contributed by atoms with E-state index in [1.54, 1.807) is 6.92 Å². The van der Waals surface area contributed by atoms with E-state index in [0.717, 1.165) is 18.4 Å². The van der Waals surface area contributed by atoms with Gasteiger partial charge < -0.3 is 5.11 Å². The normalized spacial score (nSPS) is 19.3. The average molecular weight is 186 g/mol. The zero-order valence-electron chi connectivity index (χ0n) is 8.33. The molecule has 1 heteroatoms. The van der Waals surface area contributed by atoms with E-state index < -0.39 is 5.60 Å². The Hall–Kier alpha value is -1.26. The van der Waals surface area contributed by atoms with Crippen molar-refractivity contribution in [2.75, 3.05) is 0 Å². The summed E-state index contributed by atoms with van der Waals surface area (Å²) in [4.78, 5) is 0. The fourth-order valence-electron chi connectivity index (χ4n) is 1.47. The van der Waals surface area contributed by atoms with Crippen LogP contribution in [0.5, 0.6) is 0 Å². The highest BCUT2D eigenvalue weighted by atomic mass is 16.3. The van der Waals surface area contributed by atoms with Crippen molar-refractivity contribution in [1.82, 2.24) is 0 Å². The van der Waals surface area contributed by atoms with Crippen molar-refractivity contribution < 1.29 is 5.11 Å². The molecule has 2 rings (SSSR count). The van der Waals surface area contributed by atoms with Crippen molar-refractivity contribution in [3.63, 3.8) is 0 Å². The third-order valence-electron chi connectivity index (χ3n) is 2.61. The molecule has 0 aliphatic heterocycles. The summed E-state index contributed by atoms with van der Waals surface area (Å²) in [5.41, 5.74) is 0.170. The largest absolute Gasteiger partial charge is 0.378 e. The molecule has 1 aliphatic carbocycles. The summed E-state index contributed by atoms with van der Waals surface area (Å²) in [6.07, 6.45) is 2.22. The van der Waals surface area contributed by atoms with E-state index in [4.69, 9.17) is 0 Å². The molecule has 1 aromatic rings. The SMILES string of the molecule is CC(O)(C#Cc1ccccc1)C1CC1. The van der Waals surface area contributed by atoms with E-state index in [1.807, 2.05) is 30.3 Å². The predicted octanol–water partition coefficient (Wildman–Crippen LogP) is 2.20. The molecular formula is C13H14O. The van der Waals surface area contributed by atoms with Gasteiger partial charge in [-0.05, 0) is 37.8 Å². The summed E-state index contributed by atoms with van der Waals surface area (Å²) >= 11 is 0. The van der Waals surface area contributed by atoms with Crippen molar-refractivity contribution in [3.8, 4) is 11.8 Å². The van der Waals surface area contributed by atoms with Crippen LogP contribution < -0.4 is 0 Å². The highest BCUT2D eigenvalue weighted by Gasteiger charge is 2.38. The Balaban J connectivity index is 2.13. The summed E-state index contributed by atoms with van der Waals surface area (Å²) < 4.78 is 0. The van der Waals surface area contributed by atoms with Gasteiger partial charge in [0.15, 0.2) is 0 Å². The van der Waals surface area contributed by atoms with E-state index in [1.165, 1.54) is 0 Å². The van der Waals surface area contributed by atoms with Crippen LogP contribution in [0.25, 0.3) is 0 Å². The number of hydrogen-bond acceptors (Lipinski definition) is 1. The maximum atomic E-state index is 9.94. The van der Waals surface area contributed by atoms with Gasteiger partial charge in [-0.25, -0.2) is 0 Å². The molecule has 0 spiro atoms. The Morgan fingerprint density at radius 3 is 2.50 bits per heavy atom. The van der Waals surface area contributed by atoms with Crippen LogP contribution in [0.1, 0.15) is 25.3 Å². The highest BCUT2D eigenvalue weighted by molar-refractivity contribution is 5.36. The Labute approximate surface area is 84.8 Å². The Bertz CT molecular complexity index is 363. The maximum Gasteiger partial charge on any atom is 0.125 e. The van der Waals surface area contributed by atoms with E-state index in [-0.39, 0.29) is 0 Å². The topological polar surface area (TPSA) is 20.2 Å². The van der Waals surface area contributed by atoms with Gasteiger partial charge in [0.1, 0.15) is 5.60 Å². The smallest absolute Gasteiger partial charge is 0.125 e. The van der Waals surface area contributed by atoms with Crippen LogP contribution in [0.4, 0.5) is 0 Å². The van der Waals surface area contributed by atoms with Gasteiger partial charge in [-0.1, -0.05) is 30.0 Å². The Morgan fingerprint density at radius 2 is 1.93 bits per heavy atom. The molecule has 1 atom stereocenters. The Morgan fingerprint density at radius 1 is 1.29 bits per heavy atom. The molecule has 1 saturated carbocycles. The van der Waals surface area contributed by atoms with Gasteiger partial charge in [0.25, 0.3) is 0 Å². The lowest BCUT2D eigenvalue weighted by Gasteiger charge is -2.14. The van der Waals surface area contributed by atoms with Crippen LogP contribution in [-0.2, 0) is 0 Å². The molecule has 1 N–H and O–H groups in total. The number of hydrogen-bond donors (Lipinski definition) is 1. The van der Waals surface area contributed by atoms with Crippen molar-refractivity contribution in [1.29, 1.82) is 0 Å². The highest BCUT2D eigenvalue weighted by Crippen LogP contribution is 2.38. The summed E-state index contributed by atoms with van der Waals surface area (Å²) in [5.74, 6) is 6.34. The minimum Gasteiger partial charge on any atom is -0.378 e. The van der Waals surface area contributed by atoms with Crippen LogP contribution in [0.15, 0.2) is 30.3 Å². The van der Waals surface area contributed by atoms with Crippen LogP contribution in [-0.4, -0.2) is 10.7 Å². The molecular weight excluding hydrogens is 172 g/mol. The molecule has 0 radical (unpaired) electrons. The molecule has 1 aromatic carbocycles. The van der Waals surface area contributed by atoms with Crippen LogP contribution in [0.3, 0.4) is 0 Å². The van der Waals surface area contributed by atoms with Gasteiger partial charge in [0.05, 0.1) is 0 Å². The quantitative estimate of drug-likeness (QED) is 0.667. The molecule has 72 valence electrons. The summed E-state index contributed by atoms with van der Waals surface area (Å²) in [5, 5.41) is 9.94. The molecule has 0 aromatic heterocycles. The zero-order chi connectivity index (χ0) is 10.0.